The number of halogens is 2. The van der Waals surface area contributed by atoms with Crippen LogP contribution in [0.5, 0.6) is 0 Å². The molecule has 7 heteroatoms. The van der Waals surface area contributed by atoms with E-state index in [0.717, 1.165) is 14.2 Å². The van der Waals surface area contributed by atoms with Crippen molar-refractivity contribution in [3.05, 3.63) is 39.0 Å². The number of pyridine rings is 1. The van der Waals surface area contributed by atoms with Crippen molar-refractivity contribution in [1.82, 2.24) is 10.3 Å². The lowest BCUT2D eigenvalue weighted by Gasteiger charge is -2.30. The number of aromatic nitrogens is 1. The third-order valence-corrected chi connectivity index (χ3v) is 5.39. The first-order chi connectivity index (χ1) is 10.7. The van der Waals surface area contributed by atoms with Gasteiger partial charge in [0.1, 0.15) is 0 Å². The van der Waals surface area contributed by atoms with Gasteiger partial charge < -0.3 is 10.4 Å². The molecule has 0 aliphatic rings. The molecule has 124 valence electrons. The highest BCUT2D eigenvalue weighted by Gasteiger charge is 2.27. The molecule has 0 radical (unpaired) electrons. The maximum absolute atomic E-state index is 13.9. The molecule has 0 aliphatic heterocycles. The molecule has 1 unspecified atom stereocenters. The van der Waals surface area contributed by atoms with Crippen LogP contribution < -0.4 is 5.32 Å². The molecule has 2 N–H and O–H groups in total. The summed E-state index contributed by atoms with van der Waals surface area (Å²) in [7, 11) is 0. The van der Waals surface area contributed by atoms with Crippen LogP contribution in [0.4, 0.5) is 9.18 Å². The highest BCUT2D eigenvalue weighted by Crippen LogP contribution is 2.38. The van der Waals surface area contributed by atoms with Gasteiger partial charge in [-0.3, -0.25) is 0 Å². The molecule has 0 saturated heterocycles. The third-order valence-electron chi connectivity index (χ3n) is 3.54. The molecule has 0 aromatic carbocycles. The van der Waals surface area contributed by atoms with E-state index in [1.54, 1.807) is 12.1 Å². The Morgan fingerprint density at radius 1 is 1.48 bits per heavy atom. The molecule has 2 aromatic heterocycles. The molecule has 2 heterocycles. The average Bonchev–Trinajstić information content (AvgIpc) is 2.78. The Balaban J connectivity index is 2.30. The van der Waals surface area contributed by atoms with Crippen LogP contribution in [-0.4, -0.2) is 22.2 Å². The van der Waals surface area contributed by atoms with Crippen molar-refractivity contribution in [2.24, 2.45) is 5.41 Å². The van der Waals surface area contributed by atoms with Gasteiger partial charge in [0.15, 0.2) is 0 Å². The van der Waals surface area contributed by atoms with Crippen molar-refractivity contribution >= 4 is 33.4 Å². The van der Waals surface area contributed by atoms with Gasteiger partial charge in [-0.2, -0.15) is 4.39 Å². The minimum Gasteiger partial charge on any atom is -0.465 e. The fraction of sp³-hybridized carbons (Fsp3) is 0.375. The van der Waals surface area contributed by atoms with Gasteiger partial charge in [0.2, 0.25) is 5.95 Å². The first kappa shape index (κ1) is 17.9. The molecule has 2 rings (SSSR count). The lowest BCUT2D eigenvalue weighted by Crippen LogP contribution is -2.44. The van der Waals surface area contributed by atoms with Crippen molar-refractivity contribution in [3.8, 4) is 11.1 Å². The molecule has 2 aromatic rings. The molecule has 4 nitrogen and oxygen atoms in total. The number of carbonyl (C=O) groups is 1. The lowest BCUT2D eigenvalue weighted by atomic mass is 9.84. The van der Waals surface area contributed by atoms with Gasteiger partial charge in [-0.05, 0) is 39.5 Å². The second-order valence-electron chi connectivity index (χ2n) is 6.31. The van der Waals surface area contributed by atoms with Crippen LogP contribution in [0.3, 0.4) is 0 Å². The number of rotatable bonds is 4. The fourth-order valence-electron chi connectivity index (χ4n) is 2.21. The largest absolute Gasteiger partial charge is 0.465 e. The molecule has 0 spiro atoms. The third kappa shape index (κ3) is 4.51. The van der Waals surface area contributed by atoms with Crippen molar-refractivity contribution in [1.29, 1.82) is 0 Å². The van der Waals surface area contributed by atoms with E-state index in [1.807, 2.05) is 26.8 Å². The Hall–Kier alpha value is -1.47. The highest BCUT2D eigenvalue weighted by atomic mass is 79.9. The van der Waals surface area contributed by atoms with Crippen LogP contribution in [0, 0.1) is 11.4 Å². The second kappa shape index (κ2) is 6.97. The number of hydrogen-bond acceptors (Lipinski definition) is 3. The fourth-order valence-corrected chi connectivity index (χ4v) is 4.10. The molecule has 1 amide bonds. The van der Waals surface area contributed by atoms with Crippen molar-refractivity contribution < 1.29 is 14.3 Å². The van der Waals surface area contributed by atoms with Gasteiger partial charge in [0, 0.05) is 34.7 Å². The average molecular weight is 401 g/mol. The van der Waals surface area contributed by atoms with E-state index in [1.165, 1.54) is 17.5 Å². The Morgan fingerprint density at radius 3 is 2.74 bits per heavy atom. The van der Waals surface area contributed by atoms with Crippen molar-refractivity contribution in [3.63, 3.8) is 0 Å². The Labute approximate surface area is 146 Å². The standard InChI is InChI=1S/C16H18BrFN2O2S/c1-16(2,3)12(20-15(21)22)8-9-7-11(13(17)23-9)10-5-4-6-19-14(10)18/h4-7,12,20H,8H2,1-3H3,(H,21,22). The van der Waals surface area contributed by atoms with Crippen LogP contribution >= 0.6 is 27.3 Å². The number of carboxylic acid groups (broad SMARTS) is 1. The summed E-state index contributed by atoms with van der Waals surface area (Å²) < 4.78 is 14.7. The van der Waals surface area contributed by atoms with Crippen LogP contribution in [0.15, 0.2) is 28.2 Å². The Bertz CT molecular complexity index is 712. The molecule has 23 heavy (non-hydrogen) atoms. The number of hydrogen-bond donors (Lipinski definition) is 2. The summed E-state index contributed by atoms with van der Waals surface area (Å²) >= 11 is 4.95. The summed E-state index contributed by atoms with van der Waals surface area (Å²) in [6.07, 6.45) is 0.909. The number of nitrogens with zero attached hydrogens (tertiary/aromatic N) is 1. The molecule has 0 saturated carbocycles. The van der Waals surface area contributed by atoms with E-state index < -0.39 is 12.0 Å². The highest BCUT2D eigenvalue weighted by molar-refractivity contribution is 9.11. The molecule has 0 bridgehead atoms. The predicted octanol–water partition coefficient (Wildman–Crippen LogP) is 4.94. The first-order valence-electron chi connectivity index (χ1n) is 7.07. The van der Waals surface area contributed by atoms with E-state index >= 15 is 0 Å². The monoisotopic (exact) mass is 400 g/mol. The summed E-state index contributed by atoms with van der Waals surface area (Å²) in [5.41, 5.74) is 0.938. The molecule has 0 aliphatic carbocycles. The summed E-state index contributed by atoms with van der Waals surface area (Å²) in [6.45, 7) is 5.95. The van der Waals surface area contributed by atoms with E-state index in [9.17, 15) is 9.18 Å². The minimum absolute atomic E-state index is 0.228. The summed E-state index contributed by atoms with van der Waals surface area (Å²) in [6, 6.07) is 5.01. The summed E-state index contributed by atoms with van der Waals surface area (Å²) in [5, 5.41) is 11.6. The van der Waals surface area contributed by atoms with Gasteiger partial charge in [-0.25, -0.2) is 9.78 Å². The van der Waals surface area contributed by atoms with Gasteiger partial charge >= 0.3 is 6.09 Å². The van der Waals surface area contributed by atoms with Gasteiger partial charge in [0.25, 0.3) is 0 Å². The van der Waals surface area contributed by atoms with Gasteiger partial charge in [0.05, 0.1) is 3.79 Å². The predicted molar refractivity (Wildman–Crippen MR) is 93.3 cm³/mol. The Morgan fingerprint density at radius 2 is 2.17 bits per heavy atom. The van der Waals surface area contributed by atoms with Gasteiger partial charge in [-0.15, -0.1) is 11.3 Å². The quantitative estimate of drug-likeness (QED) is 0.714. The summed E-state index contributed by atoms with van der Waals surface area (Å²) in [5.74, 6) is -0.520. The zero-order chi connectivity index (χ0) is 17.2. The zero-order valence-corrected chi connectivity index (χ0v) is 15.5. The number of amides is 1. The van der Waals surface area contributed by atoms with E-state index in [-0.39, 0.29) is 11.5 Å². The Kier molecular flexibility index (Phi) is 5.41. The molecular weight excluding hydrogens is 383 g/mol. The zero-order valence-electron chi connectivity index (χ0n) is 13.1. The topological polar surface area (TPSA) is 62.2 Å². The van der Waals surface area contributed by atoms with Crippen LogP contribution in [0.2, 0.25) is 0 Å². The number of thiophene rings is 1. The van der Waals surface area contributed by atoms with Crippen LogP contribution in [-0.2, 0) is 6.42 Å². The molecule has 0 fully saturated rings. The van der Waals surface area contributed by atoms with Crippen molar-refractivity contribution in [2.75, 3.05) is 0 Å². The van der Waals surface area contributed by atoms with E-state index in [0.29, 0.717) is 12.0 Å². The van der Waals surface area contributed by atoms with Crippen LogP contribution in [0.1, 0.15) is 25.6 Å². The lowest BCUT2D eigenvalue weighted by molar-refractivity contribution is 0.174. The SMILES string of the molecule is CC(C)(C)C(Cc1cc(-c2cccnc2F)c(Br)s1)NC(=O)O. The maximum Gasteiger partial charge on any atom is 0.404 e. The second-order valence-corrected chi connectivity index (χ2v) is 8.77. The van der Waals surface area contributed by atoms with Crippen molar-refractivity contribution in [2.45, 2.75) is 33.2 Å². The minimum atomic E-state index is -1.04. The maximum atomic E-state index is 13.9. The van der Waals surface area contributed by atoms with E-state index in [4.69, 9.17) is 5.11 Å². The van der Waals surface area contributed by atoms with Gasteiger partial charge in [-0.1, -0.05) is 20.8 Å². The summed E-state index contributed by atoms with van der Waals surface area (Å²) in [4.78, 5) is 15.7. The first-order valence-corrected chi connectivity index (χ1v) is 8.68. The van der Waals surface area contributed by atoms with E-state index in [2.05, 4.69) is 26.2 Å². The smallest absolute Gasteiger partial charge is 0.404 e. The normalized spacial score (nSPS) is 12.9. The number of nitrogens with one attached hydrogen (secondary N) is 1. The van der Waals surface area contributed by atoms with Crippen LogP contribution in [0.25, 0.3) is 11.1 Å². The molecular formula is C16H18BrFN2O2S. The molecule has 1 atom stereocenters.